The van der Waals surface area contributed by atoms with Crippen molar-refractivity contribution in [2.75, 3.05) is 20.2 Å². The second-order valence-corrected chi connectivity index (χ2v) is 7.57. The third kappa shape index (κ3) is 3.73. The van der Waals surface area contributed by atoms with Crippen molar-refractivity contribution >= 4 is 11.0 Å². The fraction of sp³-hybridized carbons (Fsp3) is 0.348. The van der Waals surface area contributed by atoms with Crippen LogP contribution in [0.15, 0.2) is 51.9 Å². The zero-order chi connectivity index (χ0) is 20.5. The topological polar surface area (TPSA) is 72.1 Å². The lowest BCUT2D eigenvalue weighted by molar-refractivity contribution is -0.0705. The molecule has 0 bridgehead atoms. The summed E-state index contributed by atoms with van der Waals surface area (Å²) in [6.45, 7) is 6.06. The van der Waals surface area contributed by atoms with Crippen LogP contribution in [0.2, 0.25) is 0 Å². The highest BCUT2D eigenvalue weighted by Gasteiger charge is 2.25. The molecule has 6 nitrogen and oxygen atoms in total. The second-order valence-electron chi connectivity index (χ2n) is 7.57. The molecule has 0 unspecified atom stereocenters. The van der Waals surface area contributed by atoms with E-state index in [9.17, 15) is 9.90 Å². The van der Waals surface area contributed by atoms with E-state index in [1.165, 1.54) is 6.26 Å². The van der Waals surface area contributed by atoms with Crippen molar-refractivity contribution in [3.8, 4) is 22.6 Å². The van der Waals surface area contributed by atoms with Crippen molar-refractivity contribution in [3.05, 3.63) is 58.4 Å². The minimum absolute atomic E-state index is 0.111. The summed E-state index contributed by atoms with van der Waals surface area (Å²) in [5, 5.41) is 10.9. The van der Waals surface area contributed by atoms with Crippen molar-refractivity contribution in [3.63, 3.8) is 0 Å². The van der Waals surface area contributed by atoms with Crippen LogP contribution >= 0.6 is 0 Å². The van der Waals surface area contributed by atoms with Crippen molar-refractivity contribution in [2.45, 2.75) is 32.6 Å². The first-order valence-electron chi connectivity index (χ1n) is 9.75. The van der Waals surface area contributed by atoms with Crippen LogP contribution in [0.3, 0.4) is 0 Å². The Kier molecular flexibility index (Phi) is 5.30. The summed E-state index contributed by atoms with van der Waals surface area (Å²) < 4.78 is 17.1. The molecule has 0 saturated carbocycles. The summed E-state index contributed by atoms with van der Waals surface area (Å²) in [6, 6.07) is 10.5. The normalized spacial score (nSPS) is 20.1. The van der Waals surface area contributed by atoms with Crippen LogP contribution in [0.25, 0.3) is 22.1 Å². The zero-order valence-corrected chi connectivity index (χ0v) is 16.8. The molecule has 2 atom stereocenters. The first-order chi connectivity index (χ1) is 14.0. The fourth-order valence-electron chi connectivity index (χ4n) is 4.09. The van der Waals surface area contributed by atoms with Gasteiger partial charge in [0.1, 0.15) is 23.3 Å². The number of phenols is 1. The Bertz CT molecular complexity index is 1080. The Morgan fingerprint density at radius 3 is 2.55 bits per heavy atom. The van der Waals surface area contributed by atoms with E-state index in [1.54, 1.807) is 19.2 Å². The number of hydrogen-bond donors (Lipinski definition) is 1. The van der Waals surface area contributed by atoms with Gasteiger partial charge in [-0.2, -0.15) is 0 Å². The SMILES string of the molecule is COc1ccccc1-c1coc2c(CN3C[C@@H](C)O[C@@H](C)C3)c(O)ccc2c1=O. The maximum Gasteiger partial charge on any atom is 0.200 e. The van der Waals surface area contributed by atoms with E-state index in [2.05, 4.69) is 4.90 Å². The van der Waals surface area contributed by atoms with Gasteiger partial charge in [-0.15, -0.1) is 0 Å². The molecule has 1 aliphatic rings. The van der Waals surface area contributed by atoms with Gasteiger partial charge in [0.25, 0.3) is 0 Å². The number of hydrogen-bond acceptors (Lipinski definition) is 6. The molecular formula is C23H25NO5. The van der Waals surface area contributed by atoms with Gasteiger partial charge in [-0.05, 0) is 32.0 Å². The molecule has 0 spiro atoms. The minimum atomic E-state index is -0.152. The lowest BCUT2D eigenvalue weighted by Gasteiger charge is -2.35. The molecule has 152 valence electrons. The standard InChI is InChI=1S/C23H25NO5/c1-14-10-24(11-15(2)29-14)12-18-20(25)9-8-17-22(26)19(13-28-23(17)18)16-6-4-5-7-21(16)27-3/h4-9,13-15,25H,10-12H2,1-3H3/t14-,15+. The number of nitrogens with zero attached hydrogens (tertiary/aromatic N) is 1. The quantitative estimate of drug-likeness (QED) is 0.725. The van der Waals surface area contributed by atoms with Crippen LogP contribution in [-0.2, 0) is 11.3 Å². The monoisotopic (exact) mass is 395 g/mol. The molecule has 2 heterocycles. The van der Waals surface area contributed by atoms with E-state index in [4.69, 9.17) is 13.9 Å². The highest BCUT2D eigenvalue weighted by molar-refractivity contribution is 5.86. The van der Waals surface area contributed by atoms with E-state index in [-0.39, 0.29) is 23.4 Å². The largest absolute Gasteiger partial charge is 0.507 e. The summed E-state index contributed by atoms with van der Waals surface area (Å²) in [4.78, 5) is 15.4. The summed E-state index contributed by atoms with van der Waals surface area (Å²) in [5.74, 6) is 0.729. The van der Waals surface area contributed by atoms with Gasteiger partial charge in [0, 0.05) is 25.2 Å². The Hall–Kier alpha value is -2.83. The maximum atomic E-state index is 13.2. The molecule has 1 N–H and O–H groups in total. The summed E-state index contributed by atoms with van der Waals surface area (Å²) in [5.41, 5.74) is 1.99. The number of fused-ring (bicyclic) bond motifs is 1. The van der Waals surface area contributed by atoms with E-state index >= 15 is 0 Å². The predicted molar refractivity (Wildman–Crippen MR) is 111 cm³/mol. The van der Waals surface area contributed by atoms with Gasteiger partial charge in [0.05, 0.1) is 35.8 Å². The number of phenolic OH excluding ortho intramolecular Hbond substituents is 1. The lowest BCUT2D eigenvalue weighted by atomic mass is 10.0. The summed E-state index contributed by atoms with van der Waals surface area (Å²) >= 11 is 0. The van der Waals surface area contributed by atoms with E-state index in [0.717, 1.165) is 13.1 Å². The van der Waals surface area contributed by atoms with Gasteiger partial charge in [-0.1, -0.05) is 18.2 Å². The Balaban J connectivity index is 1.79. The number of ether oxygens (including phenoxy) is 2. The Labute approximate surface area is 169 Å². The van der Waals surface area contributed by atoms with Crippen LogP contribution in [0.5, 0.6) is 11.5 Å². The number of rotatable bonds is 4. The molecule has 29 heavy (non-hydrogen) atoms. The molecule has 0 aliphatic carbocycles. The average Bonchev–Trinajstić information content (AvgIpc) is 2.70. The molecule has 4 rings (SSSR count). The van der Waals surface area contributed by atoms with Crippen molar-refractivity contribution in [2.24, 2.45) is 0 Å². The Morgan fingerprint density at radius 1 is 1.10 bits per heavy atom. The molecule has 1 saturated heterocycles. The van der Waals surface area contributed by atoms with Crippen LogP contribution < -0.4 is 10.2 Å². The molecule has 3 aromatic rings. The highest BCUT2D eigenvalue weighted by atomic mass is 16.5. The molecule has 0 radical (unpaired) electrons. The van der Waals surface area contributed by atoms with Gasteiger partial charge in [-0.25, -0.2) is 0 Å². The molecule has 2 aromatic carbocycles. The van der Waals surface area contributed by atoms with E-state index in [1.807, 2.05) is 38.1 Å². The summed E-state index contributed by atoms with van der Waals surface area (Å²) in [6.07, 6.45) is 1.68. The van der Waals surface area contributed by atoms with Crippen LogP contribution in [0.1, 0.15) is 19.4 Å². The van der Waals surface area contributed by atoms with Crippen molar-refractivity contribution in [1.82, 2.24) is 4.90 Å². The maximum absolute atomic E-state index is 13.2. The average molecular weight is 395 g/mol. The van der Waals surface area contributed by atoms with Gasteiger partial charge >= 0.3 is 0 Å². The molecule has 1 aromatic heterocycles. The molecular weight excluding hydrogens is 370 g/mol. The van der Waals surface area contributed by atoms with Crippen molar-refractivity contribution < 1.29 is 19.0 Å². The zero-order valence-electron chi connectivity index (χ0n) is 16.8. The lowest BCUT2D eigenvalue weighted by Crippen LogP contribution is -2.44. The van der Waals surface area contributed by atoms with E-state index < -0.39 is 0 Å². The van der Waals surface area contributed by atoms with Crippen LogP contribution in [0.4, 0.5) is 0 Å². The van der Waals surface area contributed by atoms with E-state index in [0.29, 0.717) is 40.0 Å². The smallest absolute Gasteiger partial charge is 0.200 e. The minimum Gasteiger partial charge on any atom is -0.507 e. The molecule has 1 aliphatic heterocycles. The number of benzene rings is 2. The number of methoxy groups -OCH3 is 1. The predicted octanol–water partition coefficient (Wildman–Crippen LogP) is 3.78. The first-order valence-corrected chi connectivity index (χ1v) is 9.75. The second kappa shape index (κ2) is 7.89. The first kappa shape index (κ1) is 19.5. The van der Waals surface area contributed by atoms with Crippen molar-refractivity contribution in [1.29, 1.82) is 0 Å². The molecule has 0 amide bonds. The molecule has 6 heteroatoms. The van der Waals surface area contributed by atoms with Gasteiger partial charge in [0.15, 0.2) is 0 Å². The van der Waals surface area contributed by atoms with Crippen LogP contribution in [-0.4, -0.2) is 42.4 Å². The van der Waals surface area contributed by atoms with Gasteiger partial charge in [0.2, 0.25) is 5.43 Å². The van der Waals surface area contributed by atoms with Crippen LogP contribution in [0, 0.1) is 0 Å². The highest BCUT2D eigenvalue weighted by Crippen LogP contribution is 2.32. The number of morpholine rings is 1. The fourth-order valence-corrected chi connectivity index (χ4v) is 4.09. The third-order valence-corrected chi connectivity index (χ3v) is 5.29. The van der Waals surface area contributed by atoms with Gasteiger partial charge < -0.3 is 19.0 Å². The number of para-hydroxylation sites is 1. The third-order valence-electron chi connectivity index (χ3n) is 5.29. The summed E-state index contributed by atoms with van der Waals surface area (Å²) in [7, 11) is 1.57. The molecule has 1 fully saturated rings. The number of aromatic hydroxyl groups is 1. The Morgan fingerprint density at radius 2 is 1.83 bits per heavy atom. The van der Waals surface area contributed by atoms with Gasteiger partial charge in [-0.3, -0.25) is 9.69 Å².